The van der Waals surface area contributed by atoms with E-state index in [9.17, 15) is 0 Å². The molecule has 3 nitrogen and oxygen atoms in total. The van der Waals surface area contributed by atoms with Crippen LogP contribution in [0.25, 0.3) is 6.08 Å². The molecule has 0 unspecified atom stereocenters. The molecule has 1 aliphatic heterocycles. The van der Waals surface area contributed by atoms with Crippen LogP contribution in [-0.4, -0.2) is 23.1 Å². The fourth-order valence-corrected chi connectivity index (χ4v) is 1.14. The number of aromatic nitrogens is 2. The molecule has 2 heterocycles. The fraction of sp³-hybridized carbons (Fsp3) is 0.375. The van der Waals surface area contributed by atoms with Gasteiger partial charge in [-0.15, -0.1) is 0 Å². The van der Waals surface area contributed by atoms with Gasteiger partial charge in [0.1, 0.15) is 5.82 Å². The number of rotatable bonds is 2. The van der Waals surface area contributed by atoms with Crippen molar-refractivity contribution in [3.8, 4) is 0 Å². The lowest BCUT2D eigenvalue weighted by molar-refractivity contribution is 0.432. The predicted octanol–water partition coefficient (Wildman–Crippen LogP) is 0.739. The van der Waals surface area contributed by atoms with E-state index >= 15 is 0 Å². The van der Waals surface area contributed by atoms with Crippen molar-refractivity contribution in [1.82, 2.24) is 15.3 Å². The highest BCUT2D eigenvalue weighted by molar-refractivity contribution is 5.40. The SMILES string of the molecule is C=Cc1cnc(C2CNC2)[nH]1. The van der Waals surface area contributed by atoms with Crippen LogP contribution >= 0.6 is 0 Å². The quantitative estimate of drug-likeness (QED) is 0.651. The Morgan fingerprint density at radius 2 is 2.45 bits per heavy atom. The molecule has 1 fully saturated rings. The van der Waals surface area contributed by atoms with Gasteiger partial charge in [-0.1, -0.05) is 6.58 Å². The summed E-state index contributed by atoms with van der Waals surface area (Å²) in [6, 6.07) is 0. The summed E-state index contributed by atoms with van der Waals surface area (Å²) in [7, 11) is 0. The van der Waals surface area contributed by atoms with Crippen LogP contribution in [-0.2, 0) is 0 Å². The lowest BCUT2D eigenvalue weighted by Gasteiger charge is -2.24. The molecule has 1 aromatic rings. The van der Waals surface area contributed by atoms with Gasteiger partial charge < -0.3 is 10.3 Å². The highest BCUT2D eigenvalue weighted by Crippen LogP contribution is 2.15. The van der Waals surface area contributed by atoms with Gasteiger partial charge in [-0.2, -0.15) is 0 Å². The molecule has 0 aromatic carbocycles. The van der Waals surface area contributed by atoms with Gasteiger partial charge >= 0.3 is 0 Å². The third-order valence-corrected chi connectivity index (χ3v) is 2.00. The van der Waals surface area contributed by atoms with Gasteiger partial charge in [0.25, 0.3) is 0 Å². The molecule has 0 bridgehead atoms. The van der Waals surface area contributed by atoms with Gasteiger partial charge in [-0.25, -0.2) is 4.98 Å². The van der Waals surface area contributed by atoms with E-state index in [1.807, 2.05) is 6.20 Å². The molecule has 1 saturated heterocycles. The Morgan fingerprint density at radius 1 is 1.64 bits per heavy atom. The first-order valence-corrected chi connectivity index (χ1v) is 3.78. The van der Waals surface area contributed by atoms with Gasteiger partial charge in [0.2, 0.25) is 0 Å². The minimum atomic E-state index is 0.587. The second-order valence-corrected chi connectivity index (χ2v) is 2.78. The summed E-state index contributed by atoms with van der Waals surface area (Å²) in [5.74, 6) is 1.67. The van der Waals surface area contributed by atoms with E-state index in [2.05, 4.69) is 21.9 Å². The van der Waals surface area contributed by atoms with Crippen LogP contribution in [0.1, 0.15) is 17.4 Å². The Labute approximate surface area is 65.5 Å². The van der Waals surface area contributed by atoms with Crippen LogP contribution in [0.5, 0.6) is 0 Å². The van der Waals surface area contributed by atoms with Crippen LogP contribution in [0.15, 0.2) is 12.8 Å². The van der Waals surface area contributed by atoms with E-state index in [0.717, 1.165) is 24.6 Å². The Hall–Kier alpha value is -1.09. The topological polar surface area (TPSA) is 40.7 Å². The normalized spacial score (nSPS) is 17.8. The smallest absolute Gasteiger partial charge is 0.112 e. The van der Waals surface area contributed by atoms with Gasteiger partial charge in [0.05, 0.1) is 11.9 Å². The Bertz CT molecular complexity index is 260. The molecule has 2 N–H and O–H groups in total. The van der Waals surface area contributed by atoms with E-state index < -0.39 is 0 Å². The van der Waals surface area contributed by atoms with Crippen molar-refractivity contribution in [2.45, 2.75) is 5.92 Å². The molecular weight excluding hydrogens is 138 g/mol. The molecule has 0 radical (unpaired) electrons. The molecule has 0 amide bonds. The molecular formula is C8H11N3. The van der Waals surface area contributed by atoms with E-state index in [1.54, 1.807) is 6.08 Å². The Morgan fingerprint density at radius 3 is 2.91 bits per heavy atom. The molecule has 0 aliphatic carbocycles. The summed E-state index contributed by atoms with van der Waals surface area (Å²) in [5, 5.41) is 3.20. The van der Waals surface area contributed by atoms with Crippen LogP contribution in [0.3, 0.4) is 0 Å². The molecule has 2 rings (SSSR count). The lowest BCUT2D eigenvalue weighted by atomic mass is 10.0. The molecule has 11 heavy (non-hydrogen) atoms. The first-order valence-electron chi connectivity index (χ1n) is 3.78. The zero-order valence-electron chi connectivity index (χ0n) is 6.30. The van der Waals surface area contributed by atoms with Crippen LogP contribution in [0.4, 0.5) is 0 Å². The fourth-order valence-electron chi connectivity index (χ4n) is 1.14. The molecule has 0 spiro atoms. The number of hydrogen-bond acceptors (Lipinski definition) is 2. The van der Waals surface area contributed by atoms with Crippen LogP contribution in [0, 0.1) is 0 Å². The summed E-state index contributed by atoms with van der Waals surface area (Å²) in [4.78, 5) is 7.44. The average Bonchev–Trinajstić information content (AvgIpc) is 2.32. The second-order valence-electron chi connectivity index (χ2n) is 2.78. The minimum Gasteiger partial charge on any atom is -0.342 e. The van der Waals surface area contributed by atoms with Crippen molar-refractivity contribution in [1.29, 1.82) is 0 Å². The Kier molecular flexibility index (Phi) is 1.51. The third kappa shape index (κ3) is 1.07. The summed E-state index contributed by atoms with van der Waals surface area (Å²) in [6.45, 7) is 5.75. The van der Waals surface area contributed by atoms with Gasteiger partial charge in [-0.05, 0) is 6.08 Å². The van der Waals surface area contributed by atoms with E-state index in [4.69, 9.17) is 0 Å². The van der Waals surface area contributed by atoms with E-state index in [1.165, 1.54) is 0 Å². The number of hydrogen-bond donors (Lipinski definition) is 2. The van der Waals surface area contributed by atoms with Gasteiger partial charge in [-0.3, -0.25) is 0 Å². The van der Waals surface area contributed by atoms with Gasteiger partial charge in [0.15, 0.2) is 0 Å². The number of nitrogens with zero attached hydrogens (tertiary/aromatic N) is 1. The highest BCUT2D eigenvalue weighted by Gasteiger charge is 2.20. The maximum atomic E-state index is 4.24. The molecule has 0 saturated carbocycles. The summed E-state index contributed by atoms with van der Waals surface area (Å²) >= 11 is 0. The highest BCUT2D eigenvalue weighted by atomic mass is 15.0. The molecule has 1 aliphatic rings. The van der Waals surface area contributed by atoms with Gasteiger partial charge in [0, 0.05) is 19.0 Å². The predicted molar refractivity (Wildman–Crippen MR) is 44.3 cm³/mol. The summed E-state index contributed by atoms with van der Waals surface area (Å²) in [6.07, 6.45) is 3.60. The van der Waals surface area contributed by atoms with Crippen molar-refractivity contribution >= 4 is 6.08 Å². The monoisotopic (exact) mass is 149 g/mol. The zero-order valence-corrected chi connectivity index (χ0v) is 6.30. The number of imidazole rings is 1. The van der Waals surface area contributed by atoms with Crippen LogP contribution < -0.4 is 5.32 Å². The maximum absolute atomic E-state index is 4.24. The maximum Gasteiger partial charge on any atom is 0.112 e. The molecule has 58 valence electrons. The van der Waals surface area contributed by atoms with Crippen molar-refractivity contribution in [2.75, 3.05) is 13.1 Å². The van der Waals surface area contributed by atoms with Crippen molar-refractivity contribution in [3.63, 3.8) is 0 Å². The largest absolute Gasteiger partial charge is 0.342 e. The standard InChI is InChI=1S/C8H11N3/c1-2-7-5-10-8(11-7)6-3-9-4-6/h2,5-6,9H,1,3-4H2,(H,10,11). The molecule has 1 aromatic heterocycles. The third-order valence-electron chi connectivity index (χ3n) is 2.00. The van der Waals surface area contributed by atoms with Crippen molar-refractivity contribution in [3.05, 3.63) is 24.3 Å². The minimum absolute atomic E-state index is 0.587. The summed E-state index contributed by atoms with van der Waals surface area (Å²) < 4.78 is 0. The number of H-pyrrole nitrogens is 1. The molecule has 0 atom stereocenters. The van der Waals surface area contributed by atoms with E-state index in [0.29, 0.717) is 5.92 Å². The van der Waals surface area contributed by atoms with Crippen LogP contribution in [0.2, 0.25) is 0 Å². The average molecular weight is 149 g/mol. The first kappa shape index (κ1) is 6.61. The second kappa shape index (κ2) is 2.51. The molecule has 3 heteroatoms. The zero-order chi connectivity index (χ0) is 7.68. The first-order chi connectivity index (χ1) is 5.40. The van der Waals surface area contributed by atoms with E-state index in [-0.39, 0.29) is 0 Å². The summed E-state index contributed by atoms with van der Waals surface area (Å²) in [5.41, 5.74) is 1.01. The van der Waals surface area contributed by atoms with Crippen molar-refractivity contribution in [2.24, 2.45) is 0 Å². The lowest BCUT2D eigenvalue weighted by Crippen LogP contribution is -2.40. The number of aromatic amines is 1. The van der Waals surface area contributed by atoms with Crippen molar-refractivity contribution < 1.29 is 0 Å². The number of nitrogens with one attached hydrogen (secondary N) is 2. The Balaban J connectivity index is 2.17.